The number of nitro benzene ring substituents is 1. The molecule has 1 aromatic heterocycles. The van der Waals surface area contributed by atoms with Crippen LogP contribution in [0.5, 0.6) is 0 Å². The van der Waals surface area contributed by atoms with Gasteiger partial charge in [-0.05, 0) is 12.1 Å². The van der Waals surface area contributed by atoms with Gasteiger partial charge >= 0.3 is 6.09 Å². The highest BCUT2D eigenvalue weighted by Gasteiger charge is 2.14. The highest BCUT2D eigenvalue weighted by atomic mass is 35.5. The lowest BCUT2D eigenvalue weighted by Gasteiger charge is -1.96. The Hall–Kier alpha value is -2.28. The number of carbonyl (C=O) groups is 1. The summed E-state index contributed by atoms with van der Waals surface area (Å²) in [7, 11) is 0. The standard InChI is InChI=1S/C10H8ClN3O4/c11-7-2-5-1-6(4-12-10(15)16)13-8(5)3-9(7)14(17)18/h1-3,12-13H,4H2,(H,15,16). The molecule has 8 heteroatoms. The topological polar surface area (TPSA) is 108 Å². The van der Waals surface area contributed by atoms with Crippen LogP contribution < -0.4 is 5.32 Å². The first kappa shape index (κ1) is 12.2. The average molecular weight is 270 g/mol. The van der Waals surface area contributed by atoms with Crippen molar-refractivity contribution in [3.05, 3.63) is 39.0 Å². The zero-order valence-electron chi connectivity index (χ0n) is 8.94. The number of hydrogen-bond donors (Lipinski definition) is 3. The van der Waals surface area contributed by atoms with Gasteiger partial charge in [-0.25, -0.2) is 4.79 Å². The first-order chi connectivity index (χ1) is 8.47. The molecule has 0 spiro atoms. The van der Waals surface area contributed by atoms with E-state index in [1.807, 2.05) is 0 Å². The van der Waals surface area contributed by atoms with Gasteiger partial charge in [0, 0.05) is 17.1 Å². The van der Waals surface area contributed by atoms with E-state index >= 15 is 0 Å². The predicted molar refractivity (Wildman–Crippen MR) is 64.8 cm³/mol. The van der Waals surface area contributed by atoms with E-state index in [2.05, 4.69) is 10.3 Å². The maximum Gasteiger partial charge on any atom is 0.404 e. The van der Waals surface area contributed by atoms with Gasteiger partial charge in [0.1, 0.15) is 5.02 Å². The van der Waals surface area contributed by atoms with Gasteiger partial charge < -0.3 is 15.4 Å². The van der Waals surface area contributed by atoms with Crippen LogP contribution in [0.4, 0.5) is 10.5 Å². The summed E-state index contributed by atoms with van der Waals surface area (Å²) in [4.78, 5) is 23.4. The van der Waals surface area contributed by atoms with Gasteiger partial charge in [-0.2, -0.15) is 0 Å². The summed E-state index contributed by atoms with van der Waals surface area (Å²) < 4.78 is 0. The minimum Gasteiger partial charge on any atom is -0.465 e. The molecule has 1 aromatic carbocycles. The van der Waals surface area contributed by atoms with Crippen LogP contribution in [-0.2, 0) is 6.54 Å². The number of carboxylic acid groups (broad SMARTS) is 1. The Kier molecular flexibility index (Phi) is 3.07. The van der Waals surface area contributed by atoms with Crippen molar-refractivity contribution < 1.29 is 14.8 Å². The van der Waals surface area contributed by atoms with E-state index in [4.69, 9.17) is 16.7 Å². The zero-order chi connectivity index (χ0) is 13.3. The lowest BCUT2D eigenvalue weighted by molar-refractivity contribution is -0.384. The summed E-state index contributed by atoms with van der Waals surface area (Å²) in [5.74, 6) is 0. The van der Waals surface area contributed by atoms with Crippen LogP contribution in [0.15, 0.2) is 18.2 Å². The van der Waals surface area contributed by atoms with Gasteiger partial charge in [0.2, 0.25) is 0 Å². The van der Waals surface area contributed by atoms with Gasteiger partial charge in [-0.1, -0.05) is 11.6 Å². The summed E-state index contributed by atoms with van der Waals surface area (Å²) in [5.41, 5.74) is 0.945. The normalized spacial score (nSPS) is 10.5. The number of hydrogen-bond acceptors (Lipinski definition) is 3. The maximum atomic E-state index is 10.7. The van der Waals surface area contributed by atoms with Crippen LogP contribution in [-0.4, -0.2) is 21.1 Å². The molecule has 0 aliphatic carbocycles. The Balaban J connectivity index is 2.39. The minimum absolute atomic E-state index is 0.0456. The molecule has 2 rings (SSSR count). The number of nitrogens with one attached hydrogen (secondary N) is 2. The quantitative estimate of drug-likeness (QED) is 0.587. The lowest BCUT2D eigenvalue weighted by Crippen LogP contribution is -2.19. The Morgan fingerprint density at radius 3 is 2.83 bits per heavy atom. The molecule has 0 saturated carbocycles. The Morgan fingerprint density at radius 1 is 1.50 bits per heavy atom. The molecule has 18 heavy (non-hydrogen) atoms. The molecular formula is C10H8ClN3O4. The summed E-state index contributed by atoms with van der Waals surface area (Å²) in [6.07, 6.45) is -1.14. The van der Waals surface area contributed by atoms with Gasteiger partial charge in [-0.15, -0.1) is 0 Å². The molecule has 94 valence electrons. The number of amides is 1. The van der Waals surface area contributed by atoms with Crippen LogP contribution >= 0.6 is 11.6 Å². The summed E-state index contributed by atoms with van der Waals surface area (Å²) in [6, 6.07) is 4.47. The van der Waals surface area contributed by atoms with Crippen molar-refractivity contribution in [1.82, 2.24) is 10.3 Å². The molecule has 0 aliphatic rings. The molecule has 1 heterocycles. The Labute approximate surface area is 106 Å². The molecule has 3 N–H and O–H groups in total. The number of H-pyrrole nitrogens is 1. The monoisotopic (exact) mass is 269 g/mol. The maximum absolute atomic E-state index is 10.7. The van der Waals surface area contributed by atoms with E-state index in [-0.39, 0.29) is 17.3 Å². The number of nitro groups is 1. The van der Waals surface area contributed by atoms with Crippen molar-refractivity contribution in [1.29, 1.82) is 0 Å². The fourth-order valence-corrected chi connectivity index (χ4v) is 1.85. The number of fused-ring (bicyclic) bond motifs is 1. The third kappa shape index (κ3) is 2.35. The van der Waals surface area contributed by atoms with E-state index in [0.29, 0.717) is 16.6 Å². The fraction of sp³-hybridized carbons (Fsp3) is 0.100. The van der Waals surface area contributed by atoms with Crippen LogP contribution in [0.25, 0.3) is 10.9 Å². The lowest BCUT2D eigenvalue weighted by atomic mass is 10.2. The third-order valence-electron chi connectivity index (χ3n) is 2.37. The number of aromatic nitrogens is 1. The Morgan fingerprint density at radius 2 is 2.22 bits per heavy atom. The van der Waals surface area contributed by atoms with Gasteiger partial charge in [0.25, 0.3) is 5.69 Å². The molecule has 0 bridgehead atoms. The van der Waals surface area contributed by atoms with E-state index in [9.17, 15) is 14.9 Å². The van der Waals surface area contributed by atoms with Crippen molar-refractivity contribution in [2.24, 2.45) is 0 Å². The minimum atomic E-state index is -1.14. The SMILES string of the molecule is O=C(O)NCc1cc2cc(Cl)c([N+](=O)[O-])cc2[nH]1. The first-order valence-electron chi connectivity index (χ1n) is 4.89. The first-order valence-corrected chi connectivity index (χ1v) is 5.27. The smallest absolute Gasteiger partial charge is 0.404 e. The molecular weight excluding hydrogens is 262 g/mol. The average Bonchev–Trinajstić information content (AvgIpc) is 2.66. The van der Waals surface area contributed by atoms with Crippen molar-refractivity contribution >= 4 is 34.3 Å². The predicted octanol–water partition coefficient (Wildman–Crippen LogP) is 2.50. The molecule has 0 unspecified atom stereocenters. The number of rotatable bonds is 3. The number of nitrogens with zero attached hydrogens (tertiary/aromatic N) is 1. The summed E-state index contributed by atoms with van der Waals surface area (Å²) in [6.45, 7) is 0.0927. The van der Waals surface area contributed by atoms with Crippen LogP contribution in [0.3, 0.4) is 0 Å². The van der Waals surface area contributed by atoms with Crippen molar-refractivity contribution in [3.63, 3.8) is 0 Å². The Bertz CT molecular complexity index is 637. The third-order valence-corrected chi connectivity index (χ3v) is 2.67. The van der Waals surface area contributed by atoms with Crippen LogP contribution in [0, 0.1) is 10.1 Å². The fourth-order valence-electron chi connectivity index (χ4n) is 1.61. The van der Waals surface area contributed by atoms with Gasteiger partial charge in [0.15, 0.2) is 0 Å². The summed E-state index contributed by atoms with van der Waals surface area (Å²) >= 11 is 5.77. The van der Waals surface area contributed by atoms with E-state index in [0.717, 1.165) is 0 Å². The highest BCUT2D eigenvalue weighted by Crippen LogP contribution is 2.29. The van der Waals surface area contributed by atoms with Crippen molar-refractivity contribution in [3.8, 4) is 0 Å². The number of benzene rings is 1. The van der Waals surface area contributed by atoms with Gasteiger partial charge in [-0.3, -0.25) is 10.1 Å². The molecule has 1 amide bonds. The molecule has 0 saturated heterocycles. The van der Waals surface area contributed by atoms with E-state index < -0.39 is 11.0 Å². The number of aromatic amines is 1. The van der Waals surface area contributed by atoms with Crippen molar-refractivity contribution in [2.75, 3.05) is 0 Å². The highest BCUT2D eigenvalue weighted by molar-refractivity contribution is 6.33. The molecule has 0 aliphatic heterocycles. The van der Waals surface area contributed by atoms with Gasteiger partial charge in [0.05, 0.1) is 17.0 Å². The molecule has 0 fully saturated rings. The van der Waals surface area contributed by atoms with Crippen LogP contribution in [0.2, 0.25) is 5.02 Å². The molecule has 7 nitrogen and oxygen atoms in total. The van der Waals surface area contributed by atoms with E-state index in [1.54, 1.807) is 6.07 Å². The number of halogens is 1. The largest absolute Gasteiger partial charge is 0.465 e. The molecule has 0 atom stereocenters. The molecule has 0 radical (unpaired) electrons. The van der Waals surface area contributed by atoms with Crippen molar-refractivity contribution in [2.45, 2.75) is 6.54 Å². The zero-order valence-corrected chi connectivity index (χ0v) is 9.69. The second-order valence-electron chi connectivity index (χ2n) is 3.60. The summed E-state index contributed by atoms with van der Waals surface area (Å²) in [5, 5.41) is 22.1. The second kappa shape index (κ2) is 4.53. The van der Waals surface area contributed by atoms with Crippen LogP contribution in [0.1, 0.15) is 5.69 Å². The molecule has 2 aromatic rings. The second-order valence-corrected chi connectivity index (χ2v) is 4.01. The van der Waals surface area contributed by atoms with E-state index in [1.165, 1.54) is 12.1 Å².